The van der Waals surface area contributed by atoms with Gasteiger partial charge in [-0.25, -0.2) is 4.79 Å². The van der Waals surface area contributed by atoms with E-state index in [9.17, 15) is 4.79 Å². The van der Waals surface area contributed by atoms with Gasteiger partial charge in [0.05, 0.1) is 11.6 Å². The van der Waals surface area contributed by atoms with Crippen molar-refractivity contribution in [1.82, 2.24) is 0 Å². The summed E-state index contributed by atoms with van der Waals surface area (Å²) in [5, 5.41) is 0. The molecule has 12 heavy (non-hydrogen) atoms. The Hall–Kier alpha value is -0.570. The Morgan fingerprint density at radius 2 is 2.25 bits per heavy atom. The predicted octanol–water partition coefficient (Wildman–Crippen LogP) is 2.79. The van der Waals surface area contributed by atoms with Crippen molar-refractivity contribution in [3.63, 3.8) is 0 Å². The van der Waals surface area contributed by atoms with E-state index in [2.05, 4.69) is 27.2 Å². The number of rotatable bonds is 5. The summed E-state index contributed by atoms with van der Waals surface area (Å²) >= 11 is 3.12. The van der Waals surface area contributed by atoms with Gasteiger partial charge in [-0.15, -0.1) is 6.58 Å². The number of unbranched alkanes of at least 4 members (excludes halogenated alkanes) is 2. The first-order valence-corrected chi connectivity index (χ1v) is 4.56. The van der Waals surface area contributed by atoms with Crippen molar-refractivity contribution >= 4 is 21.9 Å². The monoisotopic (exact) mass is 232 g/mol. The third-order valence-corrected chi connectivity index (χ3v) is 1.96. The van der Waals surface area contributed by atoms with Crippen LogP contribution in [0.3, 0.4) is 0 Å². The normalized spacial score (nSPS) is 11.0. The number of hydrogen-bond donors (Lipinski definition) is 0. The van der Waals surface area contributed by atoms with Gasteiger partial charge >= 0.3 is 5.97 Å². The summed E-state index contributed by atoms with van der Waals surface area (Å²) in [6, 6.07) is 0. The van der Waals surface area contributed by atoms with Crippen LogP contribution in [0, 0.1) is 0 Å². The molecule has 0 aliphatic heterocycles. The summed E-state index contributed by atoms with van der Waals surface area (Å²) in [6.07, 6.45) is 6.52. The van der Waals surface area contributed by atoms with E-state index in [1.165, 1.54) is 7.11 Å². The molecule has 0 bridgehead atoms. The van der Waals surface area contributed by atoms with Gasteiger partial charge in [0.2, 0.25) is 0 Å². The Labute approximate surface area is 81.4 Å². The molecule has 2 nitrogen and oxygen atoms in total. The van der Waals surface area contributed by atoms with E-state index in [1.54, 1.807) is 0 Å². The number of carbonyl (C=O) groups is 1. The minimum Gasteiger partial charge on any atom is -0.465 e. The van der Waals surface area contributed by atoms with Crippen LogP contribution in [-0.2, 0) is 9.53 Å². The second-order valence-electron chi connectivity index (χ2n) is 2.26. The number of carbonyl (C=O) groups excluding carboxylic acids is 1. The highest BCUT2D eigenvalue weighted by Gasteiger charge is 2.02. The largest absolute Gasteiger partial charge is 0.465 e. The summed E-state index contributed by atoms with van der Waals surface area (Å²) in [5.74, 6) is -0.325. The quantitative estimate of drug-likeness (QED) is 0.316. The van der Waals surface area contributed by atoms with Gasteiger partial charge in [0.1, 0.15) is 0 Å². The van der Waals surface area contributed by atoms with Crippen molar-refractivity contribution in [2.45, 2.75) is 19.3 Å². The molecular weight excluding hydrogens is 220 g/mol. The maximum atomic E-state index is 10.8. The fourth-order valence-electron chi connectivity index (χ4n) is 0.672. The van der Waals surface area contributed by atoms with Crippen molar-refractivity contribution in [2.75, 3.05) is 7.11 Å². The number of halogens is 1. The van der Waals surface area contributed by atoms with Gasteiger partial charge in [-0.2, -0.15) is 0 Å². The zero-order chi connectivity index (χ0) is 9.40. The molecule has 0 aliphatic rings. The second-order valence-corrected chi connectivity index (χ2v) is 3.12. The molecule has 0 rings (SSSR count). The Bertz CT molecular complexity index is 185. The molecule has 68 valence electrons. The van der Waals surface area contributed by atoms with Crippen molar-refractivity contribution in [3.05, 3.63) is 23.2 Å². The standard InChI is InChI=1S/C9H13BrO2/c1-3-4-5-6-7-8(10)9(11)12-2/h3,7H,1,4-6H2,2H3/b8-7+. The lowest BCUT2D eigenvalue weighted by Crippen LogP contribution is -1.98. The van der Waals surface area contributed by atoms with Crippen LogP contribution in [-0.4, -0.2) is 13.1 Å². The fraction of sp³-hybridized carbons (Fsp3) is 0.444. The van der Waals surface area contributed by atoms with E-state index in [0.717, 1.165) is 19.3 Å². The van der Waals surface area contributed by atoms with Crippen molar-refractivity contribution in [2.24, 2.45) is 0 Å². The Balaban J connectivity index is 3.68. The minimum atomic E-state index is -0.325. The minimum absolute atomic E-state index is 0.325. The first kappa shape index (κ1) is 11.4. The third kappa shape index (κ3) is 5.13. The molecule has 0 amide bonds. The number of hydrogen-bond acceptors (Lipinski definition) is 2. The van der Waals surface area contributed by atoms with Crippen LogP contribution in [0.4, 0.5) is 0 Å². The Morgan fingerprint density at radius 3 is 2.75 bits per heavy atom. The lowest BCUT2D eigenvalue weighted by Gasteiger charge is -1.95. The molecule has 0 saturated carbocycles. The average Bonchev–Trinajstić information content (AvgIpc) is 2.10. The second kappa shape index (κ2) is 7.10. The van der Waals surface area contributed by atoms with Crippen LogP contribution in [0.5, 0.6) is 0 Å². The molecule has 3 heteroatoms. The first-order chi connectivity index (χ1) is 5.72. The number of esters is 1. The van der Waals surface area contributed by atoms with Crippen LogP contribution < -0.4 is 0 Å². The van der Waals surface area contributed by atoms with Gasteiger partial charge in [-0.05, 0) is 35.2 Å². The van der Waals surface area contributed by atoms with Crippen molar-refractivity contribution < 1.29 is 9.53 Å². The summed E-state index contributed by atoms with van der Waals surface area (Å²) < 4.78 is 4.99. The molecule has 0 heterocycles. The molecule has 0 N–H and O–H groups in total. The van der Waals surface area contributed by atoms with Crippen LogP contribution in [0.25, 0.3) is 0 Å². The van der Waals surface area contributed by atoms with Gasteiger partial charge in [-0.1, -0.05) is 12.2 Å². The fourth-order valence-corrected chi connectivity index (χ4v) is 1.06. The van der Waals surface area contributed by atoms with Gasteiger partial charge in [0, 0.05) is 0 Å². The van der Waals surface area contributed by atoms with Gasteiger partial charge < -0.3 is 4.74 Å². The lowest BCUT2D eigenvalue weighted by atomic mass is 10.2. The number of allylic oxidation sites excluding steroid dienone is 2. The summed E-state index contributed by atoms with van der Waals surface area (Å²) in [5.41, 5.74) is 0. The molecule has 0 fully saturated rings. The molecule has 0 spiro atoms. The van der Waals surface area contributed by atoms with E-state index in [-0.39, 0.29) is 5.97 Å². The molecule has 0 aliphatic carbocycles. The molecule has 0 radical (unpaired) electrons. The highest BCUT2D eigenvalue weighted by molar-refractivity contribution is 9.12. The number of methoxy groups -OCH3 is 1. The first-order valence-electron chi connectivity index (χ1n) is 3.77. The molecule has 0 aromatic heterocycles. The Morgan fingerprint density at radius 1 is 1.58 bits per heavy atom. The van der Waals surface area contributed by atoms with Crippen LogP contribution in [0.15, 0.2) is 23.2 Å². The topological polar surface area (TPSA) is 26.3 Å². The van der Waals surface area contributed by atoms with Gasteiger partial charge in [0.15, 0.2) is 0 Å². The summed E-state index contributed by atoms with van der Waals surface area (Å²) in [4.78, 5) is 10.8. The van der Waals surface area contributed by atoms with E-state index < -0.39 is 0 Å². The molecule has 0 unspecified atom stereocenters. The Kier molecular flexibility index (Phi) is 6.76. The lowest BCUT2D eigenvalue weighted by molar-refractivity contribution is -0.135. The SMILES string of the molecule is C=CCCC/C=C(/Br)C(=O)OC. The van der Waals surface area contributed by atoms with Crippen LogP contribution >= 0.6 is 15.9 Å². The number of ether oxygens (including phenoxy) is 1. The zero-order valence-corrected chi connectivity index (χ0v) is 8.76. The van der Waals surface area contributed by atoms with Crippen LogP contribution in [0.2, 0.25) is 0 Å². The third-order valence-electron chi connectivity index (χ3n) is 1.32. The highest BCUT2D eigenvalue weighted by Crippen LogP contribution is 2.09. The van der Waals surface area contributed by atoms with E-state index in [0.29, 0.717) is 4.48 Å². The van der Waals surface area contributed by atoms with Crippen LogP contribution in [0.1, 0.15) is 19.3 Å². The van der Waals surface area contributed by atoms with Crippen molar-refractivity contribution in [1.29, 1.82) is 0 Å². The average molecular weight is 233 g/mol. The maximum Gasteiger partial charge on any atom is 0.344 e. The molecule has 0 atom stereocenters. The van der Waals surface area contributed by atoms with E-state index >= 15 is 0 Å². The van der Waals surface area contributed by atoms with Gasteiger partial charge in [-0.3, -0.25) is 0 Å². The van der Waals surface area contributed by atoms with E-state index in [4.69, 9.17) is 0 Å². The maximum absolute atomic E-state index is 10.8. The summed E-state index contributed by atoms with van der Waals surface area (Å²) in [7, 11) is 1.36. The molecule has 0 saturated heterocycles. The van der Waals surface area contributed by atoms with Gasteiger partial charge in [0.25, 0.3) is 0 Å². The smallest absolute Gasteiger partial charge is 0.344 e. The van der Waals surface area contributed by atoms with Crippen molar-refractivity contribution in [3.8, 4) is 0 Å². The molecule has 0 aromatic rings. The zero-order valence-electron chi connectivity index (χ0n) is 7.18. The van der Waals surface area contributed by atoms with E-state index in [1.807, 2.05) is 12.2 Å². The predicted molar refractivity (Wildman–Crippen MR) is 53.1 cm³/mol. The molecule has 0 aromatic carbocycles. The highest BCUT2D eigenvalue weighted by atomic mass is 79.9. The molecular formula is C9H13BrO2. The summed E-state index contributed by atoms with van der Waals surface area (Å²) in [6.45, 7) is 3.60.